The zero-order valence-corrected chi connectivity index (χ0v) is 10.7. The van der Waals surface area contributed by atoms with Gasteiger partial charge in [0.15, 0.2) is 0 Å². The lowest BCUT2D eigenvalue weighted by molar-refractivity contribution is 0.0933. The molecule has 0 aliphatic carbocycles. The number of carbonyl (C=O) groups is 1. The number of hydrogen-bond acceptors (Lipinski definition) is 5. The molecule has 7 heteroatoms. The molecule has 0 saturated heterocycles. The summed E-state index contributed by atoms with van der Waals surface area (Å²) in [5.41, 5.74) is -0.162. The Morgan fingerprint density at radius 3 is 2.83 bits per heavy atom. The van der Waals surface area contributed by atoms with Crippen LogP contribution in [0, 0.1) is 6.92 Å². The second kappa shape index (κ2) is 5.09. The predicted molar refractivity (Wildman–Crippen MR) is 67.6 cm³/mol. The fraction of sp³-hybridized carbons (Fsp3) is 0.273. The highest BCUT2D eigenvalue weighted by molar-refractivity contribution is 7.11. The van der Waals surface area contributed by atoms with Gasteiger partial charge in [0.25, 0.3) is 11.5 Å². The highest BCUT2D eigenvalue weighted by Crippen LogP contribution is 2.18. The van der Waals surface area contributed by atoms with E-state index in [0.717, 1.165) is 9.88 Å². The zero-order chi connectivity index (χ0) is 13.1. The number of thiazole rings is 1. The van der Waals surface area contributed by atoms with Gasteiger partial charge in [-0.2, -0.15) is 5.10 Å². The molecule has 2 aromatic heterocycles. The van der Waals surface area contributed by atoms with E-state index >= 15 is 0 Å². The van der Waals surface area contributed by atoms with Crippen molar-refractivity contribution in [3.05, 3.63) is 44.3 Å². The van der Waals surface area contributed by atoms with E-state index in [9.17, 15) is 9.59 Å². The Labute approximate surface area is 107 Å². The Morgan fingerprint density at radius 1 is 1.50 bits per heavy atom. The average Bonchev–Trinajstić information content (AvgIpc) is 2.76. The van der Waals surface area contributed by atoms with Crippen LogP contribution in [-0.4, -0.2) is 21.1 Å². The largest absolute Gasteiger partial charge is 0.342 e. The van der Waals surface area contributed by atoms with Crippen LogP contribution in [-0.2, 0) is 0 Å². The summed E-state index contributed by atoms with van der Waals surface area (Å²) in [5.74, 6) is -0.341. The van der Waals surface area contributed by atoms with Crippen molar-refractivity contribution < 1.29 is 4.79 Å². The molecule has 1 amide bonds. The van der Waals surface area contributed by atoms with Crippen LogP contribution in [0.3, 0.4) is 0 Å². The number of nitrogens with zero attached hydrogens (tertiary/aromatic N) is 2. The molecule has 0 aliphatic rings. The average molecular weight is 264 g/mol. The molecule has 0 spiro atoms. The normalized spacial score (nSPS) is 12.1. The van der Waals surface area contributed by atoms with Gasteiger partial charge in [0.1, 0.15) is 10.7 Å². The van der Waals surface area contributed by atoms with Gasteiger partial charge in [-0.25, -0.2) is 10.1 Å². The van der Waals surface area contributed by atoms with Gasteiger partial charge in [-0.1, -0.05) is 0 Å². The number of amides is 1. The Morgan fingerprint density at radius 2 is 2.28 bits per heavy atom. The molecular weight excluding hydrogens is 252 g/mol. The summed E-state index contributed by atoms with van der Waals surface area (Å²) in [6.45, 7) is 3.81. The molecule has 0 aliphatic heterocycles. The third-order valence-corrected chi connectivity index (χ3v) is 3.36. The van der Waals surface area contributed by atoms with Crippen molar-refractivity contribution in [1.29, 1.82) is 0 Å². The second-order valence-corrected chi connectivity index (χ2v) is 5.08. The first kappa shape index (κ1) is 12.4. The Balaban J connectivity index is 2.07. The highest BCUT2D eigenvalue weighted by Gasteiger charge is 2.14. The van der Waals surface area contributed by atoms with Crippen LogP contribution >= 0.6 is 11.3 Å². The minimum atomic E-state index is -0.341. The van der Waals surface area contributed by atoms with E-state index in [1.165, 1.54) is 23.5 Å². The fourth-order valence-electron chi connectivity index (χ4n) is 1.38. The van der Waals surface area contributed by atoms with Crippen LogP contribution in [0.4, 0.5) is 0 Å². The maximum atomic E-state index is 11.8. The van der Waals surface area contributed by atoms with Crippen LogP contribution < -0.4 is 10.9 Å². The predicted octanol–water partition coefficient (Wildman–Crippen LogP) is 1.03. The minimum Gasteiger partial charge on any atom is -0.342 e. The number of rotatable bonds is 3. The van der Waals surface area contributed by atoms with Crippen molar-refractivity contribution in [3.8, 4) is 0 Å². The van der Waals surface area contributed by atoms with Crippen molar-refractivity contribution in [2.75, 3.05) is 0 Å². The maximum absolute atomic E-state index is 11.8. The highest BCUT2D eigenvalue weighted by atomic mass is 32.1. The van der Waals surface area contributed by atoms with E-state index < -0.39 is 0 Å². The van der Waals surface area contributed by atoms with Gasteiger partial charge in [0.2, 0.25) is 0 Å². The molecular formula is C11H12N4O2S. The summed E-state index contributed by atoms with van der Waals surface area (Å²) in [6.07, 6.45) is 1.76. The van der Waals surface area contributed by atoms with Gasteiger partial charge in [-0.15, -0.1) is 11.3 Å². The van der Waals surface area contributed by atoms with Crippen LogP contribution in [0.1, 0.15) is 33.3 Å². The van der Waals surface area contributed by atoms with Crippen LogP contribution in [0.15, 0.2) is 23.1 Å². The van der Waals surface area contributed by atoms with Gasteiger partial charge >= 0.3 is 0 Å². The Hall–Kier alpha value is -2.02. The lowest BCUT2D eigenvalue weighted by atomic mass is 10.3. The summed E-state index contributed by atoms with van der Waals surface area (Å²) >= 11 is 1.53. The third-order valence-electron chi connectivity index (χ3n) is 2.27. The van der Waals surface area contributed by atoms with Crippen molar-refractivity contribution in [2.24, 2.45) is 0 Å². The third kappa shape index (κ3) is 2.80. The molecule has 1 atom stereocenters. The van der Waals surface area contributed by atoms with Crippen LogP contribution in [0.2, 0.25) is 0 Å². The van der Waals surface area contributed by atoms with Gasteiger partial charge in [0, 0.05) is 17.1 Å². The number of aryl methyl sites for hydroxylation is 1. The molecule has 2 rings (SSSR count). The minimum absolute atomic E-state index is 0.176. The standard InChI is InChI=1S/C11H12N4O2S/c1-6-5-12-11(18-6)7(2)13-10(17)8-3-4-9(16)15-14-8/h3-5,7H,1-2H3,(H,13,17)(H,15,16). The van der Waals surface area contributed by atoms with Crippen molar-refractivity contribution in [2.45, 2.75) is 19.9 Å². The molecule has 0 saturated carbocycles. The van der Waals surface area contributed by atoms with Gasteiger partial charge in [-0.3, -0.25) is 9.59 Å². The molecule has 6 nitrogen and oxygen atoms in total. The van der Waals surface area contributed by atoms with E-state index in [1.807, 2.05) is 13.8 Å². The molecule has 2 N–H and O–H groups in total. The van der Waals surface area contributed by atoms with E-state index in [2.05, 4.69) is 20.5 Å². The number of aromatic amines is 1. The van der Waals surface area contributed by atoms with Crippen LogP contribution in [0.25, 0.3) is 0 Å². The monoisotopic (exact) mass is 264 g/mol. The lowest BCUT2D eigenvalue weighted by Crippen LogP contribution is -2.28. The SMILES string of the molecule is Cc1cnc(C(C)NC(=O)c2ccc(=O)[nH]n2)s1. The van der Waals surface area contributed by atoms with E-state index in [0.29, 0.717) is 0 Å². The molecule has 0 fully saturated rings. The summed E-state index contributed by atoms with van der Waals surface area (Å²) in [5, 5.41) is 9.49. The zero-order valence-electron chi connectivity index (χ0n) is 9.93. The number of aromatic nitrogens is 3. The smallest absolute Gasteiger partial charge is 0.272 e. The van der Waals surface area contributed by atoms with Crippen molar-refractivity contribution >= 4 is 17.2 Å². The summed E-state index contributed by atoms with van der Waals surface area (Å²) in [7, 11) is 0. The van der Waals surface area contributed by atoms with Crippen LogP contribution in [0.5, 0.6) is 0 Å². The Bertz CT molecular complexity index is 599. The molecule has 2 heterocycles. The topological polar surface area (TPSA) is 87.7 Å². The number of nitrogens with one attached hydrogen (secondary N) is 2. The fourth-order valence-corrected chi connectivity index (χ4v) is 2.15. The number of hydrogen-bond donors (Lipinski definition) is 2. The maximum Gasteiger partial charge on any atom is 0.272 e. The number of H-pyrrole nitrogens is 1. The molecule has 0 radical (unpaired) electrons. The molecule has 1 unspecified atom stereocenters. The van der Waals surface area contributed by atoms with Crippen molar-refractivity contribution in [1.82, 2.24) is 20.5 Å². The second-order valence-electron chi connectivity index (χ2n) is 3.81. The molecule has 18 heavy (non-hydrogen) atoms. The number of carbonyl (C=O) groups excluding carboxylic acids is 1. The molecule has 0 aromatic carbocycles. The molecule has 0 bridgehead atoms. The first-order valence-corrected chi connectivity index (χ1v) is 6.17. The quantitative estimate of drug-likeness (QED) is 0.866. The molecule has 2 aromatic rings. The van der Waals surface area contributed by atoms with Gasteiger partial charge in [0.05, 0.1) is 6.04 Å². The summed E-state index contributed by atoms with van der Waals surface area (Å²) in [4.78, 5) is 28.0. The summed E-state index contributed by atoms with van der Waals surface area (Å²) in [6, 6.07) is 2.46. The molecule has 94 valence electrons. The summed E-state index contributed by atoms with van der Waals surface area (Å²) < 4.78 is 0. The van der Waals surface area contributed by atoms with Gasteiger partial charge in [-0.05, 0) is 19.9 Å². The Kier molecular flexibility index (Phi) is 3.52. The van der Waals surface area contributed by atoms with Gasteiger partial charge < -0.3 is 5.32 Å². The lowest BCUT2D eigenvalue weighted by Gasteiger charge is -2.10. The van der Waals surface area contributed by atoms with E-state index in [4.69, 9.17) is 0 Å². The van der Waals surface area contributed by atoms with Crippen molar-refractivity contribution in [3.63, 3.8) is 0 Å². The first-order valence-electron chi connectivity index (χ1n) is 5.35. The van der Waals surface area contributed by atoms with E-state index in [1.54, 1.807) is 6.20 Å². The first-order chi connectivity index (χ1) is 8.56. The van der Waals surface area contributed by atoms with E-state index in [-0.39, 0.29) is 23.2 Å².